The molecule has 0 radical (unpaired) electrons. The van der Waals surface area contributed by atoms with Gasteiger partial charge < -0.3 is 0 Å². The van der Waals surface area contributed by atoms with Crippen molar-refractivity contribution in [3.63, 3.8) is 0 Å². The Morgan fingerprint density at radius 3 is 2.50 bits per heavy atom. The first-order valence-corrected chi connectivity index (χ1v) is 8.23. The number of rotatable bonds is 3. The number of hydrogen-bond acceptors (Lipinski definition) is 5. The van der Waals surface area contributed by atoms with Crippen molar-refractivity contribution in [2.75, 3.05) is 6.26 Å². The Bertz CT molecular complexity index is 712. The van der Waals surface area contributed by atoms with E-state index in [4.69, 9.17) is 28.0 Å². The summed E-state index contributed by atoms with van der Waals surface area (Å²) in [4.78, 5) is 16.4. The Balaban J connectivity index is 2.76. The predicted molar refractivity (Wildman–Crippen MR) is 76.4 cm³/mol. The third kappa shape index (κ3) is 2.83. The van der Waals surface area contributed by atoms with Crippen molar-refractivity contribution in [2.24, 2.45) is 0 Å². The summed E-state index contributed by atoms with van der Waals surface area (Å²) in [6, 6.07) is 2.59. The summed E-state index contributed by atoms with van der Waals surface area (Å²) in [5.74, 6) is 0. The molecule has 1 unspecified atom stereocenters. The first-order chi connectivity index (χ1) is 9.21. The molecule has 0 saturated carbocycles. The highest BCUT2D eigenvalue weighted by atomic mass is 35.5. The van der Waals surface area contributed by atoms with Gasteiger partial charge in [-0.3, -0.25) is 15.1 Å². The van der Waals surface area contributed by atoms with Crippen molar-refractivity contribution in [1.29, 1.82) is 0 Å². The van der Waals surface area contributed by atoms with E-state index < -0.39 is 15.1 Å². The molecule has 0 saturated heterocycles. The fourth-order valence-corrected chi connectivity index (χ4v) is 3.38. The molecule has 1 N–H and O–H groups in total. The van der Waals surface area contributed by atoms with E-state index in [9.17, 15) is 13.2 Å². The second kappa shape index (κ2) is 5.37. The lowest BCUT2D eigenvalue weighted by Gasteiger charge is -2.13. The molecule has 20 heavy (non-hydrogen) atoms. The molecule has 0 amide bonds. The quantitative estimate of drug-likeness (QED) is 0.858. The zero-order valence-electron chi connectivity index (χ0n) is 10.6. The zero-order chi connectivity index (χ0) is 15.1. The molecular weight excluding hydrogens is 325 g/mol. The van der Waals surface area contributed by atoms with Gasteiger partial charge in [-0.05, 0) is 36.7 Å². The molecule has 0 spiro atoms. The Labute approximate surface area is 126 Å². The molecule has 1 atom stereocenters. The molecule has 108 valence electrons. The van der Waals surface area contributed by atoms with Crippen LogP contribution >= 0.6 is 23.2 Å². The minimum absolute atomic E-state index is 0.000571. The molecule has 0 bridgehead atoms. The van der Waals surface area contributed by atoms with Crippen LogP contribution in [-0.2, 0) is 14.7 Å². The zero-order valence-corrected chi connectivity index (χ0v) is 12.9. The Morgan fingerprint density at radius 2 is 2.05 bits per heavy atom. The number of benzene rings is 1. The summed E-state index contributed by atoms with van der Waals surface area (Å²) < 4.78 is 23.7. The van der Waals surface area contributed by atoms with Crippen molar-refractivity contribution < 1.29 is 18.0 Å². The highest BCUT2D eigenvalue weighted by Gasteiger charge is 2.26. The number of carbonyl (C=O) groups is 1. The molecule has 1 aliphatic heterocycles. The maximum absolute atomic E-state index is 11.9. The van der Waals surface area contributed by atoms with Crippen LogP contribution in [0.25, 0.3) is 5.70 Å². The van der Waals surface area contributed by atoms with Gasteiger partial charge in [-0.2, -0.15) is 0 Å². The minimum atomic E-state index is -3.53. The fourth-order valence-electron chi connectivity index (χ4n) is 1.86. The molecule has 8 heteroatoms. The molecule has 0 fully saturated rings. The van der Waals surface area contributed by atoms with E-state index >= 15 is 0 Å². The van der Waals surface area contributed by atoms with Gasteiger partial charge in [0, 0.05) is 11.8 Å². The van der Waals surface area contributed by atoms with E-state index in [1.54, 1.807) is 13.0 Å². The lowest BCUT2D eigenvalue weighted by Crippen LogP contribution is -2.13. The van der Waals surface area contributed by atoms with Crippen LogP contribution in [0.5, 0.6) is 0 Å². The molecule has 0 aliphatic carbocycles. The molecule has 2 rings (SSSR count). The van der Waals surface area contributed by atoms with Gasteiger partial charge in [0.25, 0.3) is 5.24 Å². The van der Waals surface area contributed by atoms with Gasteiger partial charge in [-0.15, -0.1) is 0 Å². The van der Waals surface area contributed by atoms with E-state index in [0.717, 1.165) is 6.26 Å². The van der Waals surface area contributed by atoms with Crippen LogP contribution in [0.1, 0.15) is 22.8 Å². The average Bonchev–Trinajstić information content (AvgIpc) is 2.73. The molecule has 0 aromatic heterocycles. The number of sulfone groups is 1. The smallest absolute Gasteiger partial charge is 0.253 e. The Morgan fingerprint density at radius 1 is 1.40 bits per heavy atom. The summed E-state index contributed by atoms with van der Waals surface area (Å²) in [6.07, 6.45) is 2.48. The number of halogens is 2. The summed E-state index contributed by atoms with van der Waals surface area (Å²) in [5, 5.41) is -0.784. The molecule has 1 aromatic carbocycles. The Hall–Kier alpha value is -1.08. The van der Waals surface area contributed by atoms with Crippen molar-refractivity contribution in [3.8, 4) is 0 Å². The standard InChI is InChI=1S/C12H11Cl2NO4S/c1-6-5-8(15-19-6)10-9(20(2,17)18)4-3-7(11(10)13)12(14)16/h3-6,15H,1-2H3. The lowest BCUT2D eigenvalue weighted by molar-refractivity contribution is 0.0624. The SMILES string of the molecule is CC1C=C(c2c(S(C)(=O)=O)ccc(C(=O)Cl)c2Cl)NO1. The van der Waals surface area contributed by atoms with Crippen molar-refractivity contribution in [2.45, 2.75) is 17.9 Å². The second-order valence-electron chi connectivity index (χ2n) is 4.35. The van der Waals surface area contributed by atoms with E-state index in [2.05, 4.69) is 5.48 Å². The maximum atomic E-state index is 11.9. The summed E-state index contributed by atoms with van der Waals surface area (Å²) in [5.41, 5.74) is 3.22. The van der Waals surface area contributed by atoms with E-state index in [0.29, 0.717) is 5.70 Å². The van der Waals surface area contributed by atoms with Crippen molar-refractivity contribution in [1.82, 2.24) is 5.48 Å². The first kappa shape index (κ1) is 15.3. The monoisotopic (exact) mass is 335 g/mol. The van der Waals surface area contributed by atoms with Crippen LogP contribution in [0.3, 0.4) is 0 Å². The van der Waals surface area contributed by atoms with Crippen LogP contribution in [0.4, 0.5) is 0 Å². The van der Waals surface area contributed by atoms with Gasteiger partial charge in [0.15, 0.2) is 9.84 Å². The third-order valence-corrected chi connectivity index (χ3v) is 4.48. The van der Waals surface area contributed by atoms with E-state index in [1.807, 2.05) is 0 Å². The van der Waals surface area contributed by atoms with Crippen LogP contribution in [0.15, 0.2) is 23.1 Å². The number of nitrogens with one attached hydrogen (secondary N) is 1. The summed E-state index contributed by atoms with van der Waals surface area (Å²) in [6.45, 7) is 1.77. The van der Waals surface area contributed by atoms with Gasteiger partial charge in [0.1, 0.15) is 6.10 Å². The van der Waals surface area contributed by atoms with Crippen LogP contribution in [0.2, 0.25) is 5.02 Å². The fraction of sp³-hybridized carbons (Fsp3) is 0.250. The lowest BCUT2D eigenvalue weighted by atomic mass is 10.1. The highest BCUT2D eigenvalue weighted by molar-refractivity contribution is 7.90. The van der Waals surface area contributed by atoms with E-state index in [1.165, 1.54) is 12.1 Å². The van der Waals surface area contributed by atoms with Gasteiger partial charge in [0.2, 0.25) is 0 Å². The largest absolute Gasteiger partial charge is 0.276 e. The Kier molecular flexibility index (Phi) is 4.11. The second-order valence-corrected chi connectivity index (χ2v) is 7.06. The van der Waals surface area contributed by atoms with Gasteiger partial charge in [-0.1, -0.05) is 11.6 Å². The molecule has 1 aliphatic rings. The topological polar surface area (TPSA) is 72.5 Å². The maximum Gasteiger partial charge on any atom is 0.253 e. The van der Waals surface area contributed by atoms with Crippen molar-refractivity contribution >= 4 is 44.0 Å². The van der Waals surface area contributed by atoms with Crippen molar-refractivity contribution in [3.05, 3.63) is 34.4 Å². The number of carbonyl (C=O) groups excluding carboxylic acids is 1. The van der Waals surface area contributed by atoms with Gasteiger partial charge in [-0.25, -0.2) is 8.42 Å². The normalized spacial score (nSPS) is 18.6. The summed E-state index contributed by atoms with van der Waals surface area (Å²) in [7, 11) is -3.53. The average molecular weight is 336 g/mol. The third-order valence-electron chi connectivity index (χ3n) is 2.74. The molecule has 1 heterocycles. The minimum Gasteiger partial charge on any atom is -0.276 e. The first-order valence-electron chi connectivity index (χ1n) is 5.58. The molecule has 5 nitrogen and oxygen atoms in total. The predicted octanol–water partition coefficient (Wildman–Crippen LogP) is 2.39. The number of hydrogen-bond donors (Lipinski definition) is 1. The van der Waals surface area contributed by atoms with E-state index in [-0.39, 0.29) is 27.1 Å². The molecule has 1 aromatic rings. The highest BCUT2D eigenvalue weighted by Crippen LogP contribution is 2.34. The number of hydroxylamine groups is 1. The van der Waals surface area contributed by atoms with Gasteiger partial charge >= 0.3 is 0 Å². The van der Waals surface area contributed by atoms with Crippen LogP contribution in [0, 0.1) is 0 Å². The van der Waals surface area contributed by atoms with Gasteiger partial charge in [0.05, 0.1) is 21.2 Å². The van der Waals surface area contributed by atoms with Crippen LogP contribution in [-0.4, -0.2) is 26.0 Å². The molecular formula is C12H11Cl2NO4S. The summed E-state index contributed by atoms with van der Waals surface area (Å²) >= 11 is 11.6. The van der Waals surface area contributed by atoms with Crippen LogP contribution < -0.4 is 5.48 Å².